The Morgan fingerprint density at radius 2 is 2.04 bits per heavy atom. The number of hydrogen-bond acceptors (Lipinski definition) is 3. The fourth-order valence-electron chi connectivity index (χ4n) is 2.97. The lowest BCUT2D eigenvalue weighted by Crippen LogP contribution is -2.26. The first-order valence-corrected chi connectivity index (χ1v) is 8.49. The molecule has 1 amide bonds. The van der Waals surface area contributed by atoms with Crippen molar-refractivity contribution in [3.63, 3.8) is 0 Å². The van der Waals surface area contributed by atoms with Gasteiger partial charge in [0.15, 0.2) is 0 Å². The van der Waals surface area contributed by atoms with Gasteiger partial charge in [-0.2, -0.15) is 5.10 Å². The molecule has 0 saturated carbocycles. The summed E-state index contributed by atoms with van der Waals surface area (Å²) in [5.74, 6) is 0.890. The number of fused-ring (bicyclic) bond motifs is 1. The number of para-hydroxylation sites is 1. The molecular weight excluding hydrogens is 314 g/mol. The molecule has 5 heteroatoms. The standard InChI is InChI=1S/C20H23N3O2/c1-15-6-5-8-18-17(15)14-22-23(18)13-11-20(24)21-12-10-16-7-3-4-9-19(16)25-2/h3-9,14H,10-13H2,1-2H3,(H,21,24). The van der Waals surface area contributed by atoms with Gasteiger partial charge < -0.3 is 10.1 Å². The maximum absolute atomic E-state index is 12.1. The van der Waals surface area contributed by atoms with E-state index >= 15 is 0 Å². The summed E-state index contributed by atoms with van der Waals surface area (Å²) in [5.41, 5.74) is 3.37. The van der Waals surface area contributed by atoms with Gasteiger partial charge >= 0.3 is 0 Å². The van der Waals surface area contributed by atoms with Crippen molar-refractivity contribution < 1.29 is 9.53 Å². The minimum atomic E-state index is 0.0335. The van der Waals surface area contributed by atoms with Crippen LogP contribution in [0.4, 0.5) is 0 Å². The fraction of sp³-hybridized carbons (Fsp3) is 0.300. The van der Waals surface area contributed by atoms with Crippen LogP contribution < -0.4 is 10.1 Å². The lowest BCUT2D eigenvalue weighted by molar-refractivity contribution is -0.121. The highest BCUT2D eigenvalue weighted by Gasteiger charge is 2.07. The van der Waals surface area contributed by atoms with Crippen LogP contribution in [0.1, 0.15) is 17.5 Å². The smallest absolute Gasteiger partial charge is 0.221 e. The molecule has 25 heavy (non-hydrogen) atoms. The fourth-order valence-corrected chi connectivity index (χ4v) is 2.97. The van der Waals surface area contributed by atoms with Gasteiger partial charge in [0.2, 0.25) is 5.91 Å². The van der Waals surface area contributed by atoms with Crippen LogP contribution in [-0.2, 0) is 17.8 Å². The summed E-state index contributed by atoms with van der Waals surface area (Å²) in [7, 11) is 1.66. The van der Waals surface area contributed by atoms with Crippen molar-refractivity contribution in [3.8, 4) is 5.75 Å². The molecule has 0 unspecified atom stereocenters. The summed E-state index contributed by atoms with van der Waals surface area (Å²) in [6.07, 6.45) is 3.03. The third kappa shape index (κ3) is 3.99. The lowest BCUT2D eigenvalue weighted by Gasteiger charge is -2.09. The summed E-state index contributed by atoms with van der Waals surface area (Å²) in [6, 6.07) is 14.0. The molecule has 1 aromatic heterocycles. The number of carbonyl (C=O) groups is 1. The molecule has 0 radical (unpaired) electrons. The second-order valence-corrected chi connectivity index (χ2v) is 6.04. The quantitative estimate of drug-likeness (QED) is 0.721. The van der Waals surface area contributed by atoms with Crippen LogP contribution in [-0.4, -0.2) is 29.3 Å². The second-order valence-electron chi connectivity index (χ2n) is 6.04. The van der Waals surface area contributed by atoms with Crippen LogP contribution in [0.25, 0.3) is 10.9 Å². The van der Waals surface area contributed by atoms with E-state index in [1.165, 1.54) is 5.56 Å². The van der Waals surface area contributed by atoms with E-state index in [0.717, 1.165) is 28.6 Å². The van der Waals surface area contributed by atoms with Gasteiger partial charge in [0.25, 0.3) is 0 Å². The van der Waals surface area contributed by atoms with E-state index in [4.69, 9.17) is 4.74 Å². The molecule has 0 spiro atoms. The zero-order chi connectivity index (χ0) is 17.6. The summed E-state index contributed by atoms with van der Waals surface area (Å²) in [4.78, 5) is 12.1. The van der Waals surface area contributed by atoms with Gasteiger partial charge in [0, 0.05) is 18.4 Å². The molecule has 0 aliphatic carbocycles. The molecule has 5 nitrogen and oxygen atoms in total. The summed E-state index contributed by atoms with van der Waals surface area (Å²) in [5, 5.41) is 8.51. The van der Waals surface area contributed by atoms with E-state index in [9.17, 15) is 4.79 Å². The van der Waals surface area contributed by atoms with Gasteiger partial charge in [-0.15, -0.1) is 0 Å². The van der Waals surface area contributed by atoms with Gasteiger partial charge in [0.1, 0.15) is 5.75 Å². The van der Waals surface area contributed by atoms with Crippen LogP contribution in [0, 0.1) is 6.92 Å². The predicted molar refractivity (Wildman–Crippen MR) is 98.8 cm³/mol. The first kappa shape index (κ1) is 17.0. The number of benzene rings is 2. The van der Waals surface area contributed by atoms with Crippen molar-refractivity contribution in [1.82, 2.24) is 15.1 Å². The normalized spacial score (nSPS) is 10.8. The Labute approximate surface area is 147 Å². The highest BCUT2D eigenvalue weighted by Crippen LogP contribution is 2.18. The molecule has 0 atom stereocenters. The number of hydrogen-bond donors (Lipinski definition) is 1. The van der Waals surface area contributed by atoms with Crippen molar-refractivity contribution in [1.29, 1.82) is 0 Å². The molecule has 2 aromatic carbocycles. The van der Waals surface area contributed by atoms with Crippen LogP contribution in [0.5, 0.6) is 5.75 Å². The molecule has 0 aliphatic heterocycles. The molecule has 0 fully saturated rings. The van der Waals surface area contributed by atoms with Crippen molar-refractivity contribution in [2.75, 3.05) is 13.7 Å². The molecular formula is C20H23N3O2. The minimum Gasteiger partial charge on any atom is -0.496 e. The molecule has 0 saturated heterocycles. The van der Waals surface area contributed by atoms with Crippen molar-refractivity contribution in [2.45, 2.75) is 26.3 Å². The maximum Gasteiger partial charge on any atom is 0.221 e. The average molecular weight is 337 g/mol. The Morgan fingerprint density at radius 1 is 1.20 bits per heavy atom. The number of aromatic nitrogens is 2. The van der Waals surface area contributed by atoms with Gasteiger partial charge in [-0.05, 0) is 36.6 Å². The molecule has 1 N–H and O–H groups in total. The van der Waals surface area contributed by atoms with E-state index in [1.54, 1.807) is 7.11 Å². The molecule has 0 bridgehead atoms. The maximum atomic E-state index is 12.1. The van der Waals surface area contributed by atoms with Crippen molar-refractivity contribution >= 4 is 16.8 Å². The van der Waals surface area contributed by atoms with Crippen molar-refractivity contribution in [3.05, 3.63) is 59.8 Å². The number of ether oxygens (including phenoxy) is 1. The Balaban J connectivity index is 1.50. The Bertz CT molecular complexity index is 870. The first-order valence-electron chi connectivity index (χ1n) is 8.49. The molecule has 3 rings (SSSR count). The van der Waals surface area contributed by atoms with E-state index in [-0.39, 0.29) is 5.91 Å². The molecule has 0 aliphatic rings. The highest BCUT2D eigenvalue weighted by molar-refractivity contribution is 5.82. The summed E-state index contributed by atoms with van der Waals surface area (Å²) in [6.45, 7) is 3.24. The number of nitrogens with zero attached hydrogens (tertiary/aromatic N) is 2. The first-order chi connectivity index (χ1) is 12.2. The van der Waals surface area contributed by atoms with Crippen molar-refractivity contribution in [2.24, 2.45) is 0 Å². The molecule has 130 valence electrons. The average Bonchev–Trinajstić information content (AvgIpc) is 3.05. The zero-order valence-corrected chi connectivity index (χ0v) is 14.7. The number of amides is 1. The SMILES string of the molecule is COc1ccccc1CCNC(=O)CCn1ncc2c(C)cccc21. The Hall–Kier alpha value is -2.82. The summed E-state index contributed by atoms with van der Waals surface area (Å²) >= 11 is 0. The summed E-state index contributed by atoms with van der Waals surface area (Å²) < 4.78 is 7.22. The zero-order valence-electron chi connectivity index (χ0n) is 14.7. The third-order valence-corrected chi connectivity index (χ3v) is 4.37. The molecule has 3 aromatic rings. The second kappa shape index (κ2) is 7.83. The van der Waals surface area contributed by atoms with Gasteiger partial charge in [-0.3, -0.25) is 9.48 Å². The van der Waals surface area contributed by atoms with Gasteiger partial charge in [0.05, 0.1) is 25.4 Å². The van der Waals surface area contributed by atoms with Crippen LogP contribution in [0.3, 0.4) is 0 Å². The Morgan fingerprint density at radius 3 is 2.88 bits per heavy atom. The molecule has 1 heterocycles. The highest BCUT2D eigenvalue weighted by atomic mass is 16.5. The number of aryl methyl sites for hydroxylation is 2. The van der Waals surface area contributed by atoms with E-state index in [0.29, 0.717) is 19.5 Å². The number of carbonyl (C=O) groups excluding carboxylic acids is 1. The van der Waals surface area contributed by atoms with Gasteiger partial charge in [-0.1, -0.05) is 30.3 Å². The topological polar surface area (TPSA) is 56.1 Å². The monoisotopic (exact) mass is 337 g/mol. The minimum absolute atomic E-state index is 0.0335. The van der Waals surface area contributed by atoms with Crippen LogP contribution in [0.15, 0.2) is 48.7 Å². The number of nitrogens with one attached hydrogen (secondary N) is 1. The predicted octanol–water partition coefficient (Wildman–Crippen LogP) is 3.10. The Kier molecular flexibility index (Phi) is 5.33. The van der Waals surface area contributed by atoms with Crippen LogP contribution >= 0.6 is 0 Å². The van der Waals surface area contributed by atoms with E-state index < -0.39 is 0 Å². The number of methoxy groups -OCH3 is 1. The van der Waals surface area contributed by atoms with Gasteiger partial charge in [-0.25, -0.2) is 0 Å². The van der Waals surface area contributed by atoms with Crippen LogP contribution in [0.2, 0.25) is 0 Å². The number of rotatable bonds is 7. The lowest BCUT2D eigenvalue weighted by atomic mass is 10.1. The van der Waals surface area contributed by atoms with E-state index in [2.05, 4.69) is 23.4 Å². The van der Waals surface area contributed by atoms with E-state index in [1.807, 2.05) is 47.3 Å². The third-order valence-electron chi connectivity index (χ3n) is 4.37. The largest absolute Gasteiger partial charge is 0.496 e.